The maximum atomic E-state index is 11.9. The number of ether oxygens (including phenoxy) is 1. The molecule has 0 aliphatic carbocycles. The molecule has 0 amide bonds. The number of aryl methyl sites for hydroxylation is 1. The molecule has 0 fully saturated rings. The minimum absolute atomic E-state index is 0.303. The second-order valence-corrected chi connectivity index (χ2v) is 5.67. The average molecular weight is 254 g/mol. The van der Waals surface area contributed by atoms with E-state index in [2.05, 4.69) is 4.74 Å². The van der Waals surface area contributed by atoms with Crippen molar-refractivity contribution in [2.24, 2.45) is 5.92 Å². The Kier molecular flexibility index (Phi) is 5.35. The van der Waals surface area contributed by atoms with Crippen LogP contribution in [0.15, 0.2) is 24.3 Å². The van der Waals surface area contributed by atoms with Crippen LogP contribution in [-0.4, -0.2) is 23.0 Å². The van der Waals surface area contributed by atoms with Crippen LogP contribution < -0.4 is 0 Å². The summed E-state index contributed by atoms with van der Waals surface area (Å²) in [7, 11) is 0.317. The van der Waals surface area contributed by atoms with E-state index in [9.17, 15) is 9.00 Å². The zero-order chi connectivity index (χ0) is 12.8. The molecule has 2 unspecified atom stereocenters. The first-order chi connectivity index (χ1) is 8.02. The van der Waals surface area contributed by atoms with Crippen LogP contribution in [0.2, 0.25) is 0 Å². The molecule has 0 aromatic heterocycles. The molecule has 0 aliphatic heterocycles. The molecule has 0 bridgehead atoms. The van der Waals surface area contributed by atoms with Gasteiger partial charge >= 0.3 is 5.97 Å². The molecule has 1 rings (SSSR count). The third-order valence-electron chi connectivity index (χ3n) is 2.45. The topological polar surface area (TPSA) is 43.4 Å². The van der Waals surface area contributed by atoms with E-state index in [1.54, 1.807) is 6.92 Å². The summed E-state index contributed by atoms with van der Waals surface area (Å²) < 4.78 is 16.5. The van der Waals surface area contributed by atoms with Crippen molar-refractivity contribution in [3.05, 3.63) is 35.4 Å². The second kappa shape index (κ2) is 6.55. The van der Waals surface area contributed by atoms with E-state index in [0.717, 1.165) is 11.1 Å². The Bertz CT molecular complexity index is 415. The minimum Gasteiger partial charge on any atom is -0.469 e. The number of hydrogen-bond donors (Lipinski definition) is 0. The third kappa shape index (κ3) is 4.69. The van der Waals surface area contributed by atoms with Crippen LogP contribution >= 0.6 is 0 Å². The van der Waals surface area contributed by atoms with Gasteiger partial charge in [0.25, 0.3) is 0 Å². The molecule has 17 heavy (non-hydrogen) atoms. The van der Waals surface area contributed by atoms with Gasteiger partial charge in [0.1, 0.15) is 0 Å². The van der Waals surface area contributed by atoms with Crippen LogP contribution in [0.3, 0.4) is 0 Å². The van der Waals surface area contributed by atoms with Gasteiger partial charge in [0, 0.05) is 22.3 Å². The lowest BCUT2D eigenvalue weighted by molar-refractivity contribution is -0.144. The van der Waals surface area contributed by atoms with Gasteiger partial charge in [-0.1, -0.05) is 36.8 Å². The van der Waals surface area contributed by atoms with Crippen molar-refractivity contribution in [1.82, 2.24) is 0 Å². The molecule has 0 radical (unpaired) electrons. The summed E-state index contributed by atoms with van der Waals surface area (Å²) >= 11 is 0. The summed E-state index contributed by atoms with van der Waals surface area (Å²) in [6, 6.07) is 7.92. The fourth-order valence-electron chi connectivity index (χ4n) is 1.59. The highest BCUT2D eigenvalue weighted by molar-refractivity contribution is 7.84. The lowest BCUT2D eigenvalue weighted by atomic mass is 10.2. The summed E-state index contributed by atoms with van der Waals surface area (Å²) in [4.78, 5) is 11.2. The average Bonchev–Trinajstić information content (AvgIpc) is 2.27. The van der Waals surface area contributed by atoms with E-state index < -0.39 is 10.8 Å². The molecule has 2 atom stereocenters. The third-order valence-corrected chi connectivity index (χ3v) is 3.98. The number of carbonyl (C=O) groups is 1. The first-order valence-corrected chi connectivity index (χ1v) is 7.00. The van der Waals surface area contributed by atoms with Crippen molar-refractivity contribution < 1.29 is 13.7 Å². The van der Waals surface area contributed by atoms with Gasteiger partial charge in [0.05, 0.1) is 13.0 Å². The second-order valence-electron chi connectivity index (χ2n) is 4.16. The Hall–Kier alpha value is -1.16. The molecule has 0 N–H and O–H groups in total. The fourth-order valence-corrected chi connectivity index (χ4v) is 2.96. The van der Waals surface area contributed by atoms with Gasteiger partial charge in [0.2, 0.25) is 0 Å². The largest absolute Gasteiger partial charge is 0.469 e. The molecule has 0 spiro atoms. The summed E-state index contributed by atoms with van der Waals surface area (Å²) in [5, 5.41) is 0. The molecular formula is C13H18O3S. The smallest absolute Gasteiger partial charge is 0.309 e. The lowest BCUT2D eigenvalue weighted by Gasteiger charge is -2.09. The maximum Gasteiger partial charge on any atom is 0.309 e. The summed E-state index contributed by atoms with van der Waals surface area (Å²) in [6.07, 6.45) is 0. The first-order valence-electron chi connectivity index (χ1n) is 5.51. The Balaban J connectivity index is 2.53. The van der Waals surface area contributed by atoms with Gasteiger partial charge in [0.15, 0.2) is 0 Å². The maximum absolute atomic E-state index is 11.9. The van der Waals surface area contributed by atoms with Crippen LogP contribution in [-0.2, 0) is 26.1 Å². The van der Waals surface area contributed by atoms with Crippen LogP contribution in [0.25, 0.3) is 0 Å². The minimum atomic E-state index is -1.03. The van der Waals surface area contributed by atoms with Crippen molar-refractivity contribution >= 4 is 16.8 Å². The number of rotatable bonds is 5. The standard InChI is InChI=1S/C13H18O3S/c1-10-5-4-6-12(7-10)9-17(15)8-11(2)13(14)16-3/h4-7,11H,8-9H2,1-3H3. The van der Waals surface area contributed by atoms with Gasteiger partial charge in [-0.15, -0.1) is 0 Å². The van der Waals surface area contributed by atoms with Gasteiger partial charge in [-0.05, 0) is 12.5 Å². The molecule has 0 saturated carbocycles. The Morgan fingerprint density at radius 1 is 1.47 bits per heavy atom. The summed E-state index contributed by atoms with van der Waals surface area (Å²) in [6.45, 7) is 3.74. The predicted octanol–water partition coefficient (Wildman–Crippen LogP) is 2.05. The van der Waals surface area contributed by atoms with E-state index >= 15 is 0 Å². The van der Waals surface area contributed by atoms with Gasteiger partial charge in [-0.25, -0.2) is 0 Å². The Morgan fingerprint density at radius 3 is 2.76 bits per heavy atom. The SMILES string of the molecule is COC(=O)C(C)CS(=O)Cc1cccc(C)c1. The summed E-state index contributed by atoms with van der Waals surface area (Å²) in [5.41, 5.74) is 2.20. The van der Waals surface area contributed by atoms with Crippen molar-refractivity contribution in [1.29, 1.82) is 0 Å². The van der Waals surface area contributed by atoms with Crippen LogP contribution in [0.1, 0.15) is 18.1 Å². The highest BCUT2D eigenvalue weighted by Gasteiger charge is 2.16. The highest BCUT2D eigenvalue weighted by atomic mass is 32.2. The van der Waals surface area contributed by atoms with E-state index in [-0.39, 0.29) is 11.9 Å². The van der Waals surface area contributed by atoms with Crippen molar-refractivity contribution in [2.75, 3.05) is 12.9 Å². The fraction of sp³-hybridized carbons (Fsp3) is 0.462. The van der Waals surface area contributed by atoms with Gasteiger partial charge < -0.3 is 4.74 Å². The van der Waals surface area contributed by atoms with Crippen LogP contribution in [0.4, 0.5) is 0 Å². The number of methoxy groups -OCH3 is 1. The zero-order valence-electron chi connectivity index (χ0n) is 10.4. The van der Waals surface area contributed by atoms with E-state index in [4.69, 9.17) is 0 Å². The zero-order valence-corrected chi connectivity index (χ0v) is 11.3. The van der Waals surface area contributed by atoms with E-state index in [0.29, 0.717) is 11.5 Å². The van der Waals surface area contributed by atoms with Crippen LogP contribution in [0, 0.1) is 12.8 Å². The number of benzene rings is 1. The Labute approximate surface area is 105 Å². The summed E-state index contributed by atoms with van der Waals surface area (Å²) in [5.74, 6) is 0.220. The number of esters is 1. The van der Waals surface area contributed by atoms with Gasteiger partial charge in [-0.2, -0.15) is 0 Å². The number of carbonyl (C=O) groups excluding carboxylic acids is 1. The molecule has 1 aromatic carbocycles. The quantitative estimate of drug-likeness (QED) is 0.755. The van der Waals surface area contributed by atoms with Crippen molar-refractivity contribution in [2.45, 2.75) is 19.6 Å². The molecule has 94 valence electrons. The van der Waals surface area contributed by atoms with E-state index in [1.165, 1.54) is 7.11 Å². The Morgan fingerprint density at radius 2 is 2.18 bits per heavy atom. The predicted molar refractivity (Wildman–Crippen MR) is 69.1 cm³/mol. The monoisotopic (exact) mass is 254 g/mol. The van der Waals surface area contributed by atoms with E-state index in [1.807, 2.05) is 31.2 Å². The first kappa shape index (κ1) is 13.9. The molecule has 4 heteroatoms. The molecular weight excluding hydrogens is 236 g/mol. The molecule has 0 saturated heterocycles. The molecule has 3 nitrogen and oxygen atoms in total. The number of hydrogen-bond acceptors (Lipinski definition) is 3. The van der Waals surface area contributed by atoms with Crippen LogP contribution in [0.5, 0.6) is 0 Å². The normalized spacial score (nSPS) is 14.1. The lowest BCUT2D eigenvalue weighted by Crippen LogP contribution is -2.20. The van der Waals surface area contributed by atoms with Crippen molar-refractivity contribution in [3.63, 3.8) is 0 Å². The molecule has 0 heterocycles. The van der Waals surface area contributed by atoms with Crippen molar-refractivity contribution in [3.8, 4) is 0 Å². The molecule has 1 aromatic rings. The molecule has 0 aliphatic rings. The highest BCUT2D eigenvalue weighted by Crippen LogP contribution is 2.09. The van der Waals surface area contributed by atoms with Gasteiger partial charge in [-0.3, -0.25) is 9.00 Å².